The lowest BCUT2D eigenvalue weighted by molar-refractivity contribution is 0.240. The predicted molar refractivity (Wildman–Crippen MR) is 77.1 cm³/mol. The van der Waals surface area contributed by atoms with Gasteiger partial charge in [-0.3, -0.25) is 0 Å². The summed E-state index contributed by atoms with van der Waals surface area (Å²) in [6.07, 6.45) is 3.24. The number of carbonyl (C=O) groups excluding carboxylic acids is 1. The van der Waals surface area contributed by atoms with Crippen molar-refractivity contribution in [2.24, 2.45) is 5.73 Å². The van der Waals surface area contributed by atoms with Gasteiger partial charge in [0.1, 0.15) is 4.99 Å². The highest BCUT2D eigenvalue weighted by molar-refractivity contribution is 7.80. The van der Waals surface area contributed by atoms with Crippen molar-refractivity contribution in [3.63, 3.8) is 0 Å². The Morgan fingerprint density at radius 3 is 2.72 bits per heavy atom. The van der Waals surface area contributed by atoms with Crippen molar-refractivity contribution in [1.29, 1.82) is 0 Å². The van der Waals surface area contributed by atoms with E-state index in [1.54, 1.807) is 18.2 Å². The fourth-order valence-electron chi connectivity index (χ4n) is 1.67. The zero-order valence-electron chi connectivity index (χ0n) is 9.70. The quantitative estimate of drug-likeness (QED) is 0.747. The van der Waals surface area contributed by atoms with E-state index in [1.165, 1.54) is 6.42 Å². The van der Waals surface area contributed by atoms with Crippen LogP contribution in [0, 0.1) is 0 Å². The maximum Gasteiger partial charge on any atom is 0.319 e. The molecule has 0 spiro atoms. The van der Waals surface area contributed by atoms with Crippen LogP contribution >= 0.6 is 23.8 Å². The Balaban J connectivity index is 2.04. The molecule has 4 N–H and O–H groups in total. The molecule has 0 bridgehead atoms. The summed E-state index contributed by atoms with van der Waals surface area (Å²) in [4.78, 5) is 12.0. The Morgan fingerprint density at radius 1 is 1.44 bits per heavy atom. The summed E-state index contributed by atoms with van der Waals surface area (Å²) in [7, 11) is 0. The molecule has 0 aliphatic heterocycles. The standard InChI is InChI=1S/C12H14ClN3OS/c13-9-5-4-7(11(14)18)6-10(9)16-12(17)15-8-2-1-3-8/h4-6,8H,1-3H2,(H2,14,18)(H2,15,16,17). The lowest BCUT2D eigenvalue weighted by Crippen LogP contribution is -2.41. The Kier molecular flexibility index (Phi) is 4.04. The highest BCUT2D eigenvalue weighted by Gasteiger charge is 2.19. The van der Waals surface area contributed by atoms with Gasteiger partial charge >= 0.3 is 6.03 Å². The smallest absolute Gasteiger partial charge is 0.319 e. The van der Waals surface area contributed by atoms with Crippen LogP contribution in [0.25, 0.3) is 0 Å². The second kappa shape index (κ2) is 5.54. The molecule has 0 saturated heterocycles. The number of nitrogens with one attached hydrogen (secondary N) is 2. The third-order valence-electron chi connectivity index (χ3n) is 2.94. The van der Waals surface area contributed by atoms with E-state index in [2.05, 4.69) is 10.6 Å². The van der Waals surface area contributed by atoms with Gasteiger partial charge in [-0.05, 0) is 31.4 Å². The number of nitrogens with two attached hydrogens (primary N) is 1. The highest BCUT2D eigenvalue weighted by Crippen LogP contribution is 2.23. The van der Waals surface area contributed by atoms with Crippen LogP contribution in [-0.4, -0.2) is 17.1 Å². The lowest BCUT2D eigenvalue weighted by Gasteiger charge is -2.26. The molecule has 18 heavy (non-hydrogen) atoms. The predicted octanol–water partition coefficient (Wildman–Crippen LogP) is 2.65. The van der Waals surface area contributed by atoms with E-state index in [4.69, 9.17) is 29.6 Å². The van der Waals surface area contributed by atoms with Crippen molar-refractivity contribution in [2.45, 2.75) is 25.3 Å². The summed E-state index contributed by atoms with van der Waals surface area (Å²) >= 11 is 10.9. The first kappa shape index (κ1) is 13.1. The molecule has 1 fully saturated rings. The summed E-state index contributed by atoms with van der Waals surface area (Å²) in [5.74, 6) is 0. The molecule has 0 unspecified atom stereocenters. The van der Waals surface area contributed by atoms with Gasteiger partial charge in [0.05, 0.1) is 10.7 Å². The maximum atomic E-state index is 11.7. The molecule has 2 rings (SSSR count). The van der Waals surface area contributed by atoms with E-state index in [0.29, 0.717) is 16.3 Å². The first-order valence-electron chi connectivity index (χ1n) is 5.73. The number of amides is 2. The molecule has 4 nitrogen and oxygen atoms in total. The maximum absolute atomic E-state index is 11.7. The zero-order chi connectivity index (χ0) is 13.1. The van der Waals surface area contributed by atoms with Crippen molar-refractivity contribution in [3.8, 4) is 0 Å². The van der Waals surface area contributed by atoms with Crippen LogP contribution in [0.4, 0.5) is 10.5 Å². The topological polar surface area (TPSA) is 67.1 Å². The van der Waals surface area contributed by atoms with Crippen LogP contribution in [0.3, 0.4) is 0 Å². The number of urea groups is 1. The van der Waals surface area contributed by atoms with Crippen molar-refractivity contribution in [3.05, 3.63) is 28.8 Å². The molecular weight excluding hydrogens is 270 g/mol. The number of halogens is 1. The van der Waals surface area contributed by atoms with E-state index >= 15 is 0 Å². The van der Waals surface area contributed by atoms with Crippen LogP contribution in [0.2, 0.25) is 5.02 Å². The van der Waals surface area contributed by atoms with Crippen LogP contribution < -0.4 is 16.4 Å². The van der Waals surface area contributed by atoms with Gasteiger partial charge in [0.25, 0.3) is 0 Å². The Bertz CT molecular complexity index is 488. The number of benzene rings is 1. The largest absolute Gasteiger partial charge is 0.389 e. The number of anilines is 1. The normalized spacial score (nSPS) is 14.7. The van der Waals surface area contributed by atoms with Crippen LogP contribution in [0.5, 0.6) is 0 Å². The van der Waals surface area contributed by atoms with Crippen molar-refractivity contribution >= 4 is 40.5 Å². The SMILES string of the molecule is NC(=S)c1ccc(Cl)c(NC(=O)NC2CCC2)c1. The summed E-state index contributed by atoms with van der Waals surface area (Å²) in [5, 5.41) is 6.03. The van der Waals surface area contributed by atoms with Gasteiger partial charge in [-0.25, -0.2) is 4.79 Å². The van der Waals surface area contributed by atoms with Gasteiger partial charge in [-0.15, -0.1) is 0 Å². The van der Waals surface area contributed by atoms with Crippen LogP contribution in [0.15, 0.2) is 18.2 Å². The van der Waals surface area contributed by atoms with Gasteiger partial charge in [0.2, 0.25) is 0 Å². The summed E-state index contributed by atoms with van der Waals surface area (Å²) < 4.78 is 0. The minimum Gasteiger partial charge on any atom is -0.389 e. The van der Waals surface area contributed by atoms with Gasteiger partial charge in [-0.1, -0.05) is 29.9 Å². The average Bonchev–Trinajstić information content (AvgIpc) is 2.26. The van der Waals surface area contributed by atoms with Crippen LogP contribution in [-0.2, 0) is 0 Å². The van der Waals surface area contributed by atoms with Crippen LogP contribution in [0.1, 0.15) is 24.8 Å². The van der Waals surface area contributed by atoms with Gasteiger partial charge in [0, 0.05) is 11.6 Å². The fourth-order valence-corrected chi connectivity index (χ4v) is 1.96. The van der Waals surface area contributed by atoms with Crippen molar-refractivity contribution < 1.29 is 4.79 Å². The first-order valence-corrected chi connectivity index (χ1v) is 6.52. The Hall–Kier alpha value is -1.33. The summed E-state index contributed by atoms with van der Waals surface area (Å²) in [6, 6.07) is 5.09. The molecule has 1 aromatic rings. The molecule has 0 heterocycles. The molecule has 1 saturated carbocycles. The monoisotopic (exact) mass is 283 g/mol. The molecule has 1 aromatic carbocycles. The van der Waals surface area contributed by atoms with E-state index < -0.39 is 0 Å². The molecule has 1 aliphatic carbocycles. The van der Waals surface area contributed by atoms with Gasteiger partial charge in [0.15, 0.2) is 0 Å². The van der Waals surface area contributed by atoms with Gasteiger partial charge in [-0.2, -0.15) is 0 Å². The highest BCUT2D eigenvalue weighted by atomic mass is 35.5. The first-order chi connectivity index (χ1) is 8.56. The molecular formula is C12H14ClN3OS. The van der Waals surface area contributed by atoms with E-state index in [0.717, 1.165) is 12.8 Å². The van der Waals surface area contributed by atoms with E-state index in [-0.39, 0.29) is 17.1 Å². The molecule has 96 valence electrons. The second-order valence-corrected chi connectivity index (χ2v) is 5.13. The number of hydrogen-bond acceptors (Lipinski definition) is 2. The lowest BCUT2D eigenvalue weighted by atomic mass is 9.93. The fraction of sp³-hybridized carbons (Fsp3) is 0.333. The average molecular weight is 284 g/mol. The minimum atomic E-state index is -0.248. The van der Waals surface area contributed by atoms with Crippen molar-refractivity contribution in [1.82, 2.24) is 5.32 Å². The minimum absolute atomic E-state index is 0.248. The number of thiocarbonyl (C=S) groups is 1. The summed E-state index contributed by atoms with van der Waals surface area (Å²) in [6.45, 7) is 0. The second-order valence-electron chi connectivity index (χ2n) is 4.29. The summed E-state index contributed by atoms with van der Waals surface area (Å²) in [5.41, 5.74) is 6.72. The van der Waals surface area contributed by atoms with E-state index in [9.17, 15) is 4.79 Å². The third-order valence-corrected chi connectivity index (χ3v) is 3.50. The number of carbonyl (C=O) groups is 1. The Labute approximate surface area is 116 Å². The molecule has 0 atom stereocenters. The number of rotatable bonds is 3. The third kappa shape index (κ3) is 3.11. The van der Waals surface area contributed by atoms with E-state index in [1.807, 2.05) is 0 Å². The number of hydrogen-bond donors (Lipinski definition) is 3. The zero-order valence-corrected chi connectivity index (χ0v) is 11.3. The van der Waals surface area contributed by atoms with Gasteiger partial charge < -0.3 is 16.4 Å². The molecule has 0 radical (unpaired) electrons. The molecule has 1 aliphatic rings. The molecule has 6 heteroatoms. The Morgan fingerprint density at radius 2 is 2.17 bits per heavy atom. The van der Waals surface area contributed by atoms with Crippen molar-refractivity contribution in [2.75, 3.05) is 5.32 Å². The molecule has 0 aromatic heterocycles. The molecule has 2 amide bonds.